The minimum Gasteiger partial charge on any atom is -0.422 e. The Morgan fingerprint density at radius 2 is 1.79 bits per heavy atom. The second kappa shape index (κ2) is 8.49. The number of amides is 2. The molecule has 1 heterocycles. The van der Waals surface area contributed by atoms with Crippen LogP contribution in [0.15, 0.2) is 68.9 Å². The Kier molecular flexibility index (Phi) is 5.86. The maximum absolute atomic E-state index is 12.1. The van der Waals surface area contributed by atoms with E-state index in [1.807, 2.05) is 6.07 Å². The second-order valence-electron chi connectivity index (χ2n) is 5.95. The van der Waals surface area contributed by atoms with Crippen molar-refractivity contribution in [1.82, 2.24) is 5.43 Å². The molecule has 0 bridgehead atoms. The lowest BCUT2D eigenvalue weighted by Gasteiger charge is -2.05. The van der Waals surface area contributed by atoms with Crippen molar-refractivity contribution in [2.45, 2.75) is 13.3 Å². The van der Waals surface area contributed by atoms with Crippen LogP contribution in [0.3, 0.4) is 0 Å². The number of halogens is 1. The molecule has 0 aliphatic carbocycles. The minimum absolute atomic E-state index is 0.226. The summed E-state index contributed by atoms with van der Waals surface area (Å²) in [5.41, 5.74) is 3.19. The molecule has 2 amide bonds. The number of carbonyl (C=O) groups is 2. The number of anilines is 1. The Hall–Kier alpha value is -3.45. The summed E-state index contributed by atoms with van der Waals surface area (Å²) in [7, 11) is 0. The molecular weight excluding hydrogens is 382 g/mol. The Balaban J connectivity index is 1.63. The molecule has 8 heteroatoms. The topological polar surface area (TPSA) is 101 Å². The van der Waals surface area contributed by atoms with Crippen molar-refractivity contribution in [3.63, 3.8) is 0 Å². The summed E-state index contributed by atoms with van der Waals surface area (Å²) < 4.78 is 5.24. The quantitative estimate of drug-likeness (QED) is 0.298. The average Bonchev–Trinajstić information content (AvgIpc) is 2.67. The van der Waals surface area contributed by atoms with E-state index in [0.717, 1.165) is 5.39 Å². The van der Waals surface area contributed by atoms with E-state index in [2.05, 4.69) is 15.8 Å². The van der Waals surface area contributed by atoms with Gasteiger partial charge in [0.1, 0.15) is 12.0 Å². The summed E-state index contributed by atoms with van der Waals surface area (Å²) in [6, 6.07) is 15.2. The molecule has 0 atom stereocenters. The zero-order valence-electron chi connectivity index (χ0n) is 14.9. The molecule has 0 saturated heterocycles. The van der Waals surface area contributed by atoms with Gasteiger partial charge in [0.05, 0.1) is 11.3 Å². The molecule has 3 rings (SSSR count). The summed E-state index contributed by atoms with van der Waals surface area (Å²) >= 11 is 5.78. The van der Waals surface area contributed by atoms with E-state index in [-0.39, 0.29) is 11.3 Å². The molecule has 2 aromatic carbocycles. The third-order valence-electron chi connectivity index (χ3n) is 3.83. The van der Waals surface area contributed by atoms with Crippen LogP contribution in [0, 0.1) is 0 Å². The maximum Gasteiger partial charge on any atom is 0.345 e. The van der Waals surface area contributed by atoms with Gasteiger partial charge in [-0.25, -0.2) is 10.2 Å². The van der Waals surface area contributed by atoms with Gasteiger partial charge in [0.15, 0.2) is 0 Å². The summed E-state index contributed by atoms with van der Waals surface area (Å²) in [6.45, 7) is 1.56. The van der Waals surface area contributed by atoms with Crippen LogP contribution < -0.4 is 16.4 Å². The second-order valence-corrected chi connectivity index (χ2v) is 6.39. The largest absolute Gasteiger partial charge is 0.422 e. The minimum atomic E-state index is -0.615. The normalized spacial score (nSPS) is 11.3. The molecule has 3 aromatic rings. The number of nitrogens with one attached hydrogen (secondary N) is 2. The van der Waals surface area contributed by atoms with Crippen molar-refractivity contribution in [1.29, 1.82) is 0 Å². The van der Waals surface area contributed by atoms with Crippen molar-refractivity contribution >= 4 is 45.8 Å². The number of nitrogens with zero attached hydrogens (tertiary/aromatic N) is 1. The Morgan fingerprint density at radius 1 is 1.07 bits per heavy atom. The van der Waals surface area contributed by atoms with E-state index in [4.69, 9.17) is 16.0 Å². The first-order valence-corrected chi connectivity index (χ1v) is 8.72. The smallest absolute Gasteiger partial charge is 0.345 e. The van der Waals surface area contributed by atoms with Crippen LogP contribution in [0.4, 0.5) is 5.69 Å². The molecule has 28 heavy (non-hydrogen) atoms. The van der Waals surface area contributed by atoms with Crippen LogP contribution in [0.1, 0.15) is 18.9 Å². The number of hydrazone groups is 1. The van der Waals surface area contributed by atoms with E-state index in [0.29, 0.717) is 16.3 Å². The number of para-hydroxylation sites is 1. The monoisotopic (exact) mass is 397 g/mol. The van der Waals surface area contributed by atoms with Crippen LogP contribution in [0.25, 0.3) is 11.0 Å². The van der Waals surface area contributed by atoms with Gasteiger partial charge in [-0.1, -0.05) is 29.8 Å². The van der Waals surface area contributed by atoms with Crippen molar-refractivity contribution in [3.8, 4) is 0 Å². The summed E-state index contributed by atoms with van der Waals surface area (Å²) in [5.74, 6) is -1.12. The molecule has 0 aliphatic rings. The summed E-state index contributed by atoms with van der Waals surface area (Å²) in [6.07, 6.45) is -0.425. The molecule has 2 N–H and O–H groups in total. The predicted octanol–water partition coefficient (Wildman–Crippen LogP) is 3.32. The predicted molar refractivity (Wildman–Crippen MR) is 108 cm³/mol. The highest BCUT2D eigenvalue weighted by molar-refractivity contribution is 6.30. The number of fused-ring (bicyclic) bond motifs is 1. The number of benzene rings is 2. The molecule has 1 aromatic heterocycles. The lowest BCUT2D eigenvalue weighted by molar-refractivity contribution is -0.126. The molecule has 0 unspecified atom stereocenters. The Bertz CT molecular complexity index is 1120. The van der Waals surface area contributed by atoms with Crippen molar-refractivity contribution in [2.24, 2.45) is 5.10 Å². The number of hydrogen-bond acceptors (Lipinski definition) is 5. The highest BCUT2D eigenvalue weighted by Gasteiger charge is 2.11. The van der Waals surface area contributed by atoms with E-state index >= 15 is 0 Å². The SMILES string of the molecule is CC(=NNC(=O)CC(=O)Nc1ccc(Cl)cc1)c1cc2ccccc2oc1=O. The number of hydrogen-bond donors (Lipinski definition) is 2. The van der Waals surface area contributed by atoms with Crippen LogP contribution in [0.2, 0.25) is 5.02 Å². The molecule has 142 valence electrons. The van der Waals surface area contributed by atoms with Gasteiger partial charge in [0, 0.05) is 16.1 Å². The van der Waals surface area contributed by atoms with E-state index in [1.165, 1.54) is 0 Å². The van der Waals surface area contributed by atoms with Gasteiger partial charge in [-0.05, 0) is 43.3 Å². The standard InChI is InChI=1S/C20H16ClN3O4/c1-12(16-10-13-4-2-3-5-17(13)28-20(16)27)23-24-19(26)11-18(25)22-15-8-6-14(21)7-9-15/h2-10H,11H2,1H3,(H,22,25)(H,24,26). The molecule has 0 spiro atoms. The van der Waals surface area contributed by atoms with E-state index < -0.39 is 23.9 Å². The van der Waals surface area contributed by atoms with Gasteiger partial charge >= 0.3 is 5.63 Å². The van der Waals surface area contributed by atoms with Crippen molar-refractivity contribution < 1.29 is 14.0 Å². The van der Waals surface area contributed by atoms with Crippen molar-refractivity contribution in [3.05, 3.63) is 75.6 Å². The van der Waals surface area contributed by atoms with Crippen LogP contribution in [-0.2, 0) is 9.59 Å². The highest BCUT2D eigenvalue weighted by atomic mass is 35.5. The molecule has 0 aliphatic heterocycles. The van der Waals surface area contributed by atoms with Crippen LogP contribution in [-0.4, -0.2) is 17.5 Å². The third-order valence-corrected chi connectivity index (χ3v) is 4.08. The zero-order chi connectivity index (χ0) is 20.1. The molecular formula is C20H16ClN3O4. The van der Waals surface area contributed by atoms with Crippen molar-refractivity contribution in [2.75, 3.05) is 5.32 Å². The van der Waals surface area contributed by atoms with Gasteiger partial charge in [0.25, 0.3) is 0 Å². The molecule has 0 saturated carbocycles. The fourth-order valence-corrected chi connectivity index (χ4v) is 2.57. The molecule has 7 nitrogen and oxygen atoms in total. The van der Waals surface area contributed by atoms with E-state index in [9.17, 15) is 14.4 Å². The van der Waals surface area contributed by atoms with Gasteiger partial charge in [-0.3, -0.25) is 9.59 Å². The summed E-state index contributed by atoms with van der Waals surface area (Å²) in [4.78, 5) is 35.9. The Morgan fingerprint density at radius 3 is 2.54 bits per heavy atom. The van der Waals surface area contributed by atoms with Crippen LogP contribution in [0.5, 0.6) is 0 Å². The third kappa shape index (κ3) is 4.83. The first-order chi connectivity index (χ1) is 13.4. The lowest BCUT2D eigenvalue weighted by atomic mass is 10.1. The average molecular weight is 398 g/mol. The van der Waals surface area contributed by atoms with Crippen LogP contribution >= 0.6 is 11.6 Å². The fraction of sp³-hybridized carbons (Fsp3) is 0.100. The lowest BCUT2D eigenvalue weighted by Crippen LogP contribution is -2.26. The van der Waals surface area contributed by atoms with Gasteiger partial charge < -0.3 is 9.73 Å². The first kappa shape index (κ1) is 19.3. The van der Waals surface area contributed by atoms with Gasteiger partial charge in [-0.2, -0.15) is 5.10 Å². The highest BCUT2D eigenvalue weighted by Crippen LogP contribution is 2.14. The van der Waals surface area contributed by atoms with Gasteiger partial charge in [-0.15, -0.1) is 0 Å². The number of carbonyl (C=O) groups excluding carboxylic acids is 2. The first-order valence-electron chi connectivity index (χ1n) is 8.34. The Labute approximate surface area is 165 Å². The maximum atomic E-state index is 12.1. The zero-order valence-corrected chi connectivity index (χ0v) is 15.6. The molecule has 0 radical (unpaired) electrons. The molecule has 0 fully saturated rings. The fourth-order valence-electron chi connectivity index (χ4n) is 2.44. The van der Waals surface area contributed by atoms with Gasteiger partial charge in [0.2, 0.25) is 11.8 Å². The number of rotatable bonds is 5. The summed E-state index contributed by atoms with van der Waals surface area (Å²) in [5, 5.41) is 7.75. The van der Waals surface area contributed by atoms with E-state index in [1.54, 1.807) is 55.5 Å².